The van der Waals surface area contributed by atoms with Crippen molar-refractivity contribution in [3.63, 3.8) is 0 Å². The fraction of sp³-hybridized carbons (Fsp3) is 0.130. The molecule has 0 spiro atoms. The number of benzene rings is 3. The third kappa shape index (κ3) is 5.62. The van der Waals surface area contributed by atoms with Crippen molar-refractivity contribution in [3.05, 3.63) is 86.8 Å². The van der Waals surface area contributed by atoms with Crippen LogP contribution in [0.15, 0.2) is 65.1 Å². The normalized spacial score (nSPS) is 10.4. The Hall–Kier alpha value is -2.83. The van der Waals surface area contributed by atoms with Crippen LogP contribution in [0.2, 0.25) is 5.02 Å². The average molecular weight is 488 g/mol. The summed E-state index contributed by atoms with van der Waals surface area (Å²) >= 11 is 9.41. The van der Waals surface area contributed by atoms with Crippen LogP contribution in [-0.2, 0) is 4.79 Å². The number of nitrogens with one attached hydrogen (secondary N) is 2. The molecule has 30 heavy (non-hydrogen) atoms. The SMILES string of the molecule is Cc1ccc(NC(=O)c2ccccc2NC(=O)COc2ccc(Br)cc2Cl)cc1C. The highest BCUT2D eigenvalue weighted by atomic mass is 79.9. The molecule has 0 aromatic heterocycles. The standard InChI is InChI=1S/C23H20BrClN2O3/c1-14-7-9-17(11-15(14)2)26-23(29)18-5-3-4-6-20(18)27-22(28)13-30-21-10-8-16(24)12-19(21)25/h3-12H,13H2,1-2H3,(H,26,29)(H,27,28). The molecule has 3 aromatic rings. The van der Waals surface area contributed by atoms with E-state index in [1.165, 1.54) is 0 Å². The first kappa shape index (κ1) is 21.9. The maximum atomic E-state index is 12.8. The number of carbonyl (C=O) groups excluding carboxylic acids is 2. The zero-order valence-electron chi connectivity index (χ0n) is 16.5. The molecule has 0 heterocycles. The molecular formula is C23H20BrClN2O3. The molecule has 5 nitrogen and oxygen atoms in total. The summed E-state index contributed by atoms with van der Waals surface area (Å²) in [6.45, 7) is 3.75. The molecule has 0 saturated carbocycles. The van der Waals surface area contributed by atoms with E-state index in [2.05, 4.69) is 26.6 Å². The first-order valence-electron chi connectivity index (χ1n) is 9.19. The molecule has 2 amide bonds. The summed E-state index contributed by atoms with van der Waals surface area (Å²) in [7, 11) is 0. The van der Waals surface area contributed by atoms with Gasteiger partial charge in [-0.2, -0.15) is 0 Å². The Morgan fingerprint density at radius 2 is 1.73 bits per heavy atom. The van der Waals surface area contributed by atoms with Crippen molar-refractivity contribution in [1.82, 2.24) is 0 Å². The predicted molar refractivity (Wildman–Crippen MR) is 124 cm³/mol. The molecule has 154 valence electrons. The van der Waals surface area contributed by atoms with E-state index in [1.807, 2.05) is 32.0 Å². The number of hydrogen-bond donors (Lipinski definition) is 2. The second-order valence-corrected chi connectivity index (χ2v) is 8.03. The second-order valence-electron chi connectivity index (χ2n) is 6.71. The van der Waals surface area contributed by atoms with Gasteiger partial charge in [-0.25, -0.2) is 0 Å². The molecule has 3 rings (SSSR count). The fourth-order valence-corrected chi connectivity index (χ4v) is 3.46. The lowest BCUT2D eigenvalue weighted by Gasteiger charge is -2.13. The van der Waals surface area contributed by atoms with Gasteiger partial charge in [0, 0.05) is 10.2 Å². The lowest BCUT2D eigenvalue weighted by Crippen LogP contribution is -2.23. The Balaban J connectivity index is 1.67. The Morgan fingerprint density at radius 1 is 0.967 bits per heavy atom. The van der Waals surface area contributed by atoms with Gasteiger partial charge in [0.25, 0.3) is 11.8 Å². The minimum atomic E-state index is -0.402. The number of halogens is 2. The van der Waals surface area contributed by atoms with Gasteiger partial charge in [0.1, 0.15) is 5.75 Å². The molecule has 0 atom stereocenters. The molecule has 0 unspecified atom stereocenters. The minimum absolute atomic E-state index is 0.242. The number of para-hydroxylation sites is 1. The Bertz CT molecular complexity index is 1100. The van der Waals surface area contributed by atoms with Crippen LogP contribution in [-0.4, -0.2) is 18.4 Å². The van der Waals surface area contributed by atoms with Crippen LogP contribution in [0.3, 0.4) is 0 Å². The largest absolute Gasteiger partial charge is 0.482 e. The summed E-state index contributed by atoms with van der Waals surface area (Å²) in [6.07, 6.45) is 0. The third-order valence-corrected chi connectivity index (χ3v) is 5.25. The van der Waals surface area contributed by atoms with E-state index in [0.29, 0.717) is 27.7 Å². The van der Waals surface area contributed by atoms with E-state index in [1.54, 1.807) is 42.5 Å². The number of hydrogen-bond acceptors (Lipinski definition) is 3. The van der Waals surface area contributed by atoms with Crippen LogP contribution < -0.4 is 15.4 Å². The molecule has 0 saturated heterocycles. The lowest BCUT2D eigenvalue weighted by atomic mass is 10.1. The molecule has 7 heteroatoms. The molecule has 0 bridgehead atoms. The average Bonchev–Trinajstić information content (AvgIpc) is 2.70. The predicted octanol–water partition coefficient (Wildman–Crippen LogP) is 5.99. The van der Waals surface area contributed by atoms with E-state index in [4.69, 9.17) is 16.3 Å². The number of carbonyl (C=O) groups is 2. The van der Waals surface area contributed by atoms with E-state index >= 15 is 0 Å². The minimum Gasteiger partial charge on any atom is -0.482 e. The lowest BCUT2D eigenvalue weighted by molar-refractivity contribution is -0.118. The number of aryl methyl sites for hydroxylation is 2. The second kappa shape index (κ2) is 9.78. The van der Waals surface area contributed by atoms with Crippen LogP contribution in [0, 0.1) is 13.8 Å². The summed E-state index contributed by atoms with van der Waals surface area (Å²) in [5.41, 5.74) is 3.67. The van der Waals surface area contributed by atoms with Gasteiger partial charge >= 0.3 is 0 Å². The molecular weight excluding hydrogens is 468 g/mol. The van der Waals surface area contributed by atoms with Crippen LogP contribution in [0.5, 0.6) is 5.75 Å². The van der Waals surface area contributed by atoms with Crippen molar-refractivity contribution in [1.29, 1.82) is 0 Å². The van der Waals surface area contributed by atoms with E-state index in [-0.39, 0.29) is 12.5 Å². The Labute approximate surface area is 188 Å². The van der Waals surface area contributed by atoms with Gasteiger partial charge < -0.3 is 15.4 Å². The Morgan fingerprint density at radius 3 is 2.47 bits per heavy atom. The molecule has 0 fully saturated rings. The zero-order valence-corrected chi connectivity index (χ0v) is 18.8. The zero-order chi connectivity index (χ0) is 21.7. The first-order chi connectivity index (χ1) is 14.3. The first-order valence-corrected chi connectivity index (χ1v) is 10.4. The van der Waals surface area contributed by atoms with Crippen LogP contribution >= 0.6 is 27.5 Å². The molecule has 0 radical (unpaired) electrons. The smallest absolute Gasteiger partial charge is 0.262 e. The molecule has 0 aliphatic carbocycles. The van der Waals surface area contributed by atoms with Crippen molar-refractivity contribution >= 4 is 50.7 Å². The highest BCUT2D eigenvalue weighted by molar-refractivity contribution is 9.10. The van der Waals surface area contributed by atoms with Crippen molar-refractivity contribution in [3.8, 4) is 5.75 Å². The van der Waals surface area contributed by atoms with Gasteiger partial charge in [0.05, 0.1) is 16.3 Å². The van der Waals surface area contributed by atoms with Gasteiger partial charge in [-0.05, 0) is 67.4 Å². The van der Waals surface area contributed by atoms with Gasteiger partial charge in [-0.3, -0.25) is 9.59 Å². The van der Waals surface area contributed by atoms with Crippen LogP contribution in [0.25, 0.3) is 0 Å². The van der Waals surface area contributed by atoms with Gasteiger partial charge in [0.2, 0.25) is 0 Å². The number of anilines is 2. The fourth-order valence-electron chi connectivity index (χ4n) is 2.73. The Kier molecular flexibility index (Phi) is 7.13. The van der Waals surface area contributed by atoms with E-state index in [9.17, 15) is 9.59 Å². The maximum Gasteiger partial charge on any atom is 0.262 e. The quantitative estimate of drug-likeness (QED) is 0.449. The van der Waals surface area contributed by atoms with Crippen LogP contribution in [0.4, 0.5) is 11.4 Å². The highest BCUT2D eigenvalue weighted by Crippen LogP contribution is 2.27. The molecule has 2 N–H and O–H groups in total. The van der Waals surface area contributed by atoms with Gasteiger partial charge in [0.15, 0.2) is 6.61 Å². The van der Waals surface area contributed by atoms with Crippen molar-refractivity contribution in [2.75, 3.05) is 17.2 Å². The van der Waals surface area contributed by atoms with Gasteiger partial charge in [-0.15, -0.1) is 0 Å². The topological polar surface area (TPSA) is 67.4 Å². The molecule has 0 aliphatic heterocycles. The summed E-state index contributed by atoms with van der Waals surface area (Å²) in [5.74, 6) is -0.317. The number of ether oxygens (including phenoxy) is 1. The summed E-state index contributed by atoms with van der Waals surface area (Å²) in [5, 5.41) is 5.98. The summed E-state index contributed by atoms with van der Waals surface area (Å²) in [6, 6.07) is 17.6. The molecule has 0 aliphatic rings. The summed E-state index contributed by atoms with van der Waals surface area (Å²) < 4.78 is 6.29. The van der Waals surface area contributed by atoms with Crippen LogP contribution in [0.1, 0.15) is 21.5 Å². The van der Waals surface area contributed by atoms with E-state index < -0.39 is 5.91 Å². The highest BCUT2D eigenvalue weighted by Gasteiger charge is 2.14. The summed E-state index contributed by atoms with van der Waals surface area (Å²) in [4.78, 5) is 25.1. The number of amides is 2. The monoisotopic (exact) mass is 486 g/mol. The third-order valence-electron chi connectivity index (χ3n) is 4.46. The van der Waals surface area contributed by atoms with E-state index in [0.717, 1.165) is 15.6 Å². The molecule has 3 aromatic carbocycles. The maximum absolute atomic E-state index is 12.8. The number of rotatable bonds is 6. The van der Waals surface area contributed by atoms with Crippen molar-refractivity contribution in [2.24, 2.45) is 0 Å². The van der Waals surface area contributed by atoms with Gasteiger partial charge in [-0.1, -0.05) is 45.7 Å². The van der Waals surface area contributed by atoms with Crippen molar-refractivity contribution in [2.45, 2.75) is 13.8 Å². The van der Waals surface area contributed by atoms with Crippen molar-refractivity contribution < 1.29 is 14.3 Å².